The maximum absolute atomic E-state index is 5.12. The lowest BCUT2D eigenvalue weighted by molar-refractivity contribution is 0.146. The van der Waals surface area contributed by atoms with E-state index in [1.165, 1.54) is 0 Å². The maximum Gasteiger partial charge on any atom is 0.143 e. The molecule has 1 radical (unpaired) electrons. The normalized spacial score (nSPS) is 10.4. The molecule has 1 aromatic carbocycles. The number of para-hydroxylation sites is 1. The number of ether oxygens (including phenoxy) is 1. The SMILES string of the molecule is CCCO/N=[C]\c1ccccc1OC. The number of methoxy groups -OCH3 is 1. The van der Waals surface area contributed by atoms with Gasteiger partial charge in [0.2, 0.25) is 0 Å². The average Bonchev–Trinajstić information content (AvgIpc) is 2.25. The van der Waals surface area contributed by atoms with Crippen LogP contribution in [0.1, 0.15) is 18.9 Å². The van der Waals surface area contributed by atoms with Crippen molar-refractivity contribution in [2.45, 2.75) is 13.3 Å². The van der Waals surface area contributed by atoms with E-state index < -0.39 is 0 Å². The molecule has 0 spiro atoms. The standard InChI is InChI=1S/C11H14NO2/c1-3-8-14-12-9-10-6-4-5-7-11(10)13-2/h4-7H,3,8H2,1-2H3. The summed E-state index contributed by atoms with van der Waals surface area (Å²) in [5.41, 5.74) is 0.797. The van der Waals surface area contributed by atoms with Gasteiger partial charge < -0.3 is 9.57 Å². The van der Waals surface area contributed by atoms with Crippen LogP contribution in [0.3, 0.4) is 0 Å². The van der Waals surface area contributed by atoms with E-state index in [9.17, 15) is 0 Å². The van der Waals surface area contributed by atoms with Crippen molar-refractivity contribution in [3.63, 3.8) is 0 Å². The first kappa shape index (κ1) is 10.6. The molecular formula is C11H14NO2. The largest absolute Gasteiger partial charge is 0.496 e. The minimum absolute atomic E-state index is 0.613. The van der Waals surface area contributed by atoms with E-state index in [2.05, 4.69) is 11.4 Å². The molecule has 0 amide bonds. The minimum atomic E-state index is 0.613. The molecule has 0 N–H and O–H groups in total. The first-order valence-corrected chi connectivity index (χ1v) is 4.59. The lowest BCUT2D eigenvalue weighted by Crippen LogP contribution is -1.91. The third kappa shape index (κ3) is 3.09. The van der Waals surface area contributed by atoms with Gasteiger partial charge in [0.25, 0.3) is 0 Å². The molecule has 0 fully saturated rings. The van der Waals surface area contributed by atoms with Crippen LogP contribution in [0.15, 0.2) is 29.4 Å². The molecule has 0 saturated carbocycles. The molecule has 0 aliphatic carbocycles. The topological polar surface area (TPSA) is 30.8 Å². The van der Waals surface area contributed by atoms with E-state index in [4.69, 9.17) is 9.57 Å². The molecule has 0 aromatic heterocycles. The summed E-state index contributed by atoms with van der Waals surface area (Å²) in [6.45, 7) is 2.64. The highest BCUT2D eigenvalue weighted by molar-refractivity contribution is 5.82. The zero-order valence-electron chi connectivity index (χ0n) is 8.49. The summed E-state index contributed by atoms with van der Waals surface area (Å²) in [5, 5.41) is 3.71. The zero-order chi connectivity index (χ0) is 10.2. The Morgan fingerprint density at radius 1 is 1.36 bits per heavy atom. The van der Waals surface area contributed by atoms with Crippen LogP contribution in [-0.4, -0.2) is 19.9 Å². The molecule has 0 bridgehead atoms. The Kier molecular flexibility index (Phi) is 4.55. The fraction of sp³-hybridized carbons (Fsp3) is 0.364. The van der Waals surface area contributed by atoms with Gasteiger partial charge in [-0.05, 0) is 18.6 Å². The molecule has 75 valence electrons. The van der Waals surface area contributed by atoms with E-state index in [1.807, 2.05) is 31.2 Å². The average molecular weight is 192 g/mol. The van der Waals surface area contributed by atoms with Gasteiger partial charge in [0, 0.05) is 5.56 Å². The highest BCUT2D eigenvalue weighted by Gasteiger charge is 1.97. The first-order chi connectivity index (χ1) is 6.88. The van der Waals surface area contributed by atoms with Crippen molar-refractivity contribution in [3.8, 4) is 5.75 Å². The van der Waals surface area contributed by atoms with Gasteiger partial charge in [0.15, 0.2) is 0 Å². The van der Waals surface area contributed by atoms with Crippen LogP contribution in [-0.2, 0) is 4.84 Å². The first-order valence-electron chi connectivity index (χ1n) is 4.59. The quantitative estimate of drug-likeness (QED) is 0.407. The van der Waals surface area contributed by atoms with Crippen molar-refractivity contribution in [3.05, 3.63) is 29.8 Å². The van der Waals surface area contributed by atoms with Gasteiger partial charge in [-0.25, -0.2) is 0 Å². The number of rotatable bonds is 5. The third-order valence-corrected chi connectivity index (χ3v) is 1.63. The molecule has 0 aliphatic rings. The second-order valence-corrected chi connectivity index (χ2v) is 2.74. The third-order valence-electron chi connectivity index (χ3n) is 1.63. The van der Waals surface area contributed by atoms with Gasteiger partial charge >= 0.3 is 0 Å². The molecule has 0 atom stereocenters. The van der Waals surface area contributed by atoms with Crippen LogP contribution in [0.25, 0.3) is 0 Å². The van der Waals surface area contributed by atoms with Crippen molar-refractivity contribution in [1.29, 1.82) is 0 Å². The summed E-state index contributed by atoms with van der Waals surface area (Å²) < 4.78 is 5.12. The summed E-state index contributed by atoms with van der Waals surface area (Å²) in [4.78, 5) is 4.94. The zero-order valence-corrected chi connectivity index (χ0v) is 8.49. The van der Waals surface area contributed by atoms with E-state index in [-0.39, 0.29) is 0 Å². The molecule has 0 unspecified atom stereocenters. The molecule has 0 saturated heterocycles. The summed E-state index contributed by atoms with van der Waals surface area (Å²) >= 11 is 0. The van der Waals surface area contributed by atoms with Crippen LogP contribution in [0.4, 0.5) is 0 Å². The predicted molar refractivity (Wildman–Crippen MR) is 55.8 cm³/mol. The molecule has 0 heterocycles. The molecule has 14 heavy (non-hydrogen) atoms. The Balaban J connectivity index is 2.61. The van der Waals surface area contributed by atoms with Crippen LogP contribution in [0.2, 0.25) is 0 Å². The fourth-order valence-corrected chi connectivity index (χ4v) is 0.955. The number of benzene rings is 1. The van der Waals surface area contributed by atoms with Gasteiger partial charge in [-0.1, -0.05) is 24.2 Å². The number of hydrogen-bond acceptors (Lipinski definition) is 3. The van der Waals surface area contributed by atoms with Crippen LogP contribution in [0.5, 0.6) is 5.75 Å². The van der Waals surface area contributed by atoms with Gasteiger partial charge in [0.1, 0.15) is 18.6 Å². The summed E-state index contributed by atoms with van der Waals surface area (Å²) in [7, 11) is 1.62. The highest BCUT2D eigenvalue weighted by atomic mass is 16.6. The smallest absolute Gasteiger partial charge is 0.143 e. The molecular weight excluding hydrogens is 178 g/mol. The van der Waals surface area contributed by atoms with E-state index in [0.717, 1.165) is 17.7 Å². The molecule has 0 aliphatic heterocycles. The van der Waals surface area contributed by atoms with Crippen molar-refractivity contribution in [2.75, 3.05) is 13.7 Å². The van der Waals surface area contributed by atoms with Gasteiger partial charge in [0.05, 0.1) is 7.11 Å². The van der Waals surface area contributed by atoms with Crippen molar-refractivity contribution < 1.29 is 9.57 Å². The maximum atomic E-state index is 5.12. The molecule has 3 nitrogen and oxygen atoms in total. The van der Waals surface area contributed by atoms with Crippen molar-refractivity contribution in [2.24, 2.45) is 5.16 Å². The van der Waals surface area contributed by atoms with Gasteiger partial charge in [-0.15, -0.1) is 0 Å². The molecule has 1 rings (SSSR count). The summed E-state index contributed by atoms with van der Waals surface area (Å²) in [6.07, 6.45) is 3.72. The summed E-state index contributed by atoms with van der Waals surface area (Å²) in [5.74, 6) is 0.747. The second-order valence-electron chi connectivity index (χ2n) is 2.74. The van der Waals surface area contributed by atoms with Crippen LogP contribution >= 0.6 is 0 Å². The van der Waals surface area contributed by atoms with Crippen LogP contribution < -0.4 is 4.74 Å². The number of nitrogens with zero attached hydrogens (tertiary/aromatic N) is 1. The summed E-state index contributed by atoms with van der Waals surface area (Å²) in [6, 6.07) is 7.53. The van der Waals surface area contributed by atoms with Crippen molar-refractivity contribution in [1.82, 2.24) is 0 Å². The van der Waals surface area contributed by atoms with Crippen molar-refractivity contribution >= 4 is 6.21 Å². The van der Waals surface area contributed by atoms with Gasteiger partial charge in [-0.3, -0.25) is 0 Å². The van der Waals surface area contributed by atoms with E-state index in [1.54, 1.807) is 7.11 Å². The Hall–Kier alpha value is -1.51. The number of hydrogen-bond donors (Lipinski definition) is 0. The van der Waals surface area contributed by atoms with E-state index >= 15 is 0 Å². The molecule has 1 aromatic rings. The fourth-order valence-electron chi connectivity index (χ4n) is 0.955. The Bertz CT molecular complexity index is 297. The Morgan fingerprint density at radius 3 is 2.86 bits per heavy atom. The molecule has 3 heteroatoms. The highest BCUT2D eigenvalue weighted by Crippen LogP contribution is 2.14. The lowest BCUT2D eigenvalue weighted by Gasteiger charge is -2.01. The minimum Gasteiger partial charge on any atom is -0.496 e. The monoisotopic (exact) mass is 192 g/mol. The van der Waals surface area contributed by atoms with E-state index in [0.29, 0.717) is 6.61 Å². The Labute approximate surface area is 84.3 Å². The van der Waals surface area contributed by atoms with Gasteiger partial charge in [-0.2, -0.15) is 0 Å². The lowest BCUT2D eigenvalue weighted by atomic mass is 10.2. The second kappa shape index (κ2) is 6.02. The van der Waals surface area contributed by atoms with Crippen LogP contribution in [0, 0.1) is 0 Å². The Morgan fingerprint density at radius 2 is 2.14 bits per heavy atom. The predicted octanol–water partition coefficient (Wildman–Crippen LogP) is 2.33.